The second-order valence-electron chi connectivity index (χ2n) is 7.68. The van der Waals surface area contributed by atoms with Crippen molar-refractivity contribution < 1.29 is 9.21 Å². The summed E-state index contributed by atoms with van der Waals surface area (Å²) >= 11 is 1.42. The smallest absolute Gasteiger partial charge is 0.236 e. The number of rotatable bonds is 8. The third-order valence-corrected chi connectivity index (χ3v) is 6.43. The number of hydrogen-bond donors (Lipinski definition) is 0. The molecule has 0 bridgehead atoms. The van der Waals surface area contributed by atoms with E-state index in [1.165, 1.54) is 11.8 Å². The fourth-order valence-corrected chi connectivity index (χ4v) is 4.45. The van der Waals surface area contributed by atoms with Gasteiger partial charge in [0.05, 0.1) is 17.1 Å². The van der Waals surface area contributed by atoms with Gasteiger partial charge in [-0.25, -0.2) is 0 Å². The van der Waals surface area contributed by atoms with Crippen LogP contribution in [-0.2, 0) is 24.9 Å². The van der Waals surface area contributed by atoms with E-state index in [0.29, 0.717) is 18.2 Å². The summed E-state index contributed by atoms with van der Waals surface area (Å²) in [5, 5.41) is 9.02. The summed E-state index contributed by atoms with van der Waals surface area (Å²) in [5.74, 6) is 1.58. The highest BCUT2D eigenvalue weighted by Crippen LogP contribution is 2.29. The average molecular weight is 447 g/mol. The first-order valence-corrected chi connectivity index (χ1v) is 11.4. The molecule has 1 amide bonds. The van der Waals surface area contributed by atoms with E-state index in [-0.39, 0.29) is 11.2 Å². The van der Waals surface area contributed by atoms with Gasteiger partial charge in [-0.3, -0.25) is 4.79 Å². The van der Waals surface area contributed by atoms with Crippen LogP contribution in [0.1, 0.15) is 23.8 Å². The third kappa shape index (κ3) is 4.94. The van der Waals surface area contributed by atoms with E-state index in [1.54, 1.807) is 6.26 Å². The molecule has 0 saturated heterocycles. The highest BCUT2D eigenvalue weighted by atomic mass is 32.2. The molecular formula is C25H26N4O2S. The summed E-state index contributed by atoms with van der Waals surface area (Å²) in [6.07, 6.45) is 1.64. The van der Waals surface area contributed by atoms with Gasteiger partial charge in [-0.05, 0) is 31.0 Å². The molecule has 0 fully saturated rings. The maximum atomic E-state index is 13.5. The van der Waals surface area contributed by atoms with Gasteiger partial charge in [0.2, 0.25) is 5.91 Å². The van der Waals surface area contributed by atoms with Crippen molar-refractivity contribution in [3.8, 4) is 11.4 Å². The minimum atomic E-state index is -0.316. The topological polar surface area (TPSA) is 64.2 Å². The minimum absolute atomic E-state index is 0.0618. The van der Waals surface area contributed by atoms with Crippen LogP contribution in [0.2, 0.25) is 0 Å². The number of benzene rings is 2. The lowest BCUT2D eigenvalue weighted by Gasteiger charge is -2.26. The van der Waals surface area contributed by atoms with Crippen LogP contribution < -0.4 is 0 Å². The van der Waals surface area contributed by atoms with E-state index in [9.17, 15) is 4.79 Å². The van der Waals surface area contributed by atoms with E-state index in [4.69, 9.17) is 4.42 Å². The van der Waals surface area contributed by atoms with E-state index in [2.05, 4.69) is 10.2 Å². The highest BCUT2D eigenvalue weighted by Gasteiger charge is 2.25. The SMILES string of the molecule is Cc1occc1-c1nnc(S[C@@H](C)C(=O)N(Cc2ccccc2)Cc2ccccc2)n1C. The van der Waals surface area contributed by atoms with Crippen LogP contribution in [0.3, 0.4) is 0 Å². The highest BCUT2D eigenvalue weighted by molar-refractivity contribution is 8.00. The molecule has 7 heteroatoms. The van der Waals surface area contributed by atoms with Gasteiger partial charge in [-0.2, -0.15) is 0 Å². The summed E-state index contributed by atoms with van der Waals surface area (Å²) in [7, 11) is 1.91. The number of thioether (sulfide) groups is 1. The molecule has 0 unspecified atom stereocenters. The van der Waals surface area contributed by atoms with Crippen LogP contribution in [0.5, 0.6) is 0 Å². The third-order valence-electron chi connectivity index (χ3n) is 5.31. The molecule has 32 heavy (non-hydrogen) atoms. The zero-order valence-electron chi connectivity index (χ0n) is 18.4. The Bertz CT molecular complexity index is 1130. The van der Waals surface area contributed by atoms with Gasteiger partial charge in [0, 0.05) is 20.1 Å². The lowest BCUT2D eigenvalue weighted by Crippen LogP contribution is -2.35. The van der Waals surface area contributed by atoms with Crippen LogP contribution in [0.15, 0.2) is 82.6 Å². The monoisotopic (exact) mass is 446 g/mol. The van der Waals surface area contributed by atoms with Gasteiger partial charge in [0.25, 0.3) is 0 Å². The maximum absolute atomic E-state index is 13.5. The number of furan rings is 1. The number of carbonyl (C=O) groups is 1. The van der Waals surface area contributed by atoms with Crippen LogP contribution in [-0.4, -0.2) is 30.8 Å². The fraction of sp³-hybridized carbons (Fsp3) is 0.240. The molecule has 4 rings (SSSR count). The molecule has 4 aromatic rings. The Hall–Kier alpha value is -3.32. The largest absolute Gasteiger partial charge is 0.469 e. The zero-order valence-corrected chi connectivity index (χ0v) is 19.2. The Balaban J connectivity index is 1.52. The van der Waals surface area contributed by atoms with Crippen molar-refractivity contribution in [1.29, 1.82) is 0 Å². The van der Waals surface area contributed by atoms with Crippen LogP contribution in [0.4, 0.5) is 0 Å². The molecular weight excluding hydrogens is 420 g/mol. The Labute approximate surface area is 192 Å². The number of aryl methyl sites for hydroxylation is 1. The van der Waals surface area contributed by atoms with E-state index in [0.717, 1.165) is 28.3 Å². The molecule has 0 aliphatic carbocycles. The average Bonchev–Trinajstić information content (AvgIpc) is 3.39. The van der Waals surface area contributed by atoms with Gasteiger partial charge in [0.1, 0.15) is 5.76 Å². The normalized spacial score (nSPS) is 12.0. The van der Waals surface area contributed by atoms with Gasteiger partial charge in [-0.15, -0.1) is 10.2 Å². The van der Waals surface area contributed by atoms with E-state index in [1.807, 2.05) is 97.1 Å². The summed E-state index contributed by atoms with van der Waals surface area (Å²) in [6.45, 7) is 4.93. The number of carbonyl (C=O) groups excluding carboxylic acids is 1. The minimum Gasteiger partial charge on any atom is -0.469 e. The Kier molecular flexibility index (Phi) is 6.75. The van der Waals surface area contributed by atoms with Gasteiger partial charge >= 0.3 is 0 Å². The van der Waals surface area contributed by atoms with Crippen molar-refractivity contribution in [2.75, 3.05) is 0 Å². The summed E-state index contributed by atoms with van der Waals surface area (Å²) in [4.78, 5) is 15.4. The predicted molar refractivity (Wildman–Crippen MR) is 126 cm³/mol. The van der Waals surface area contributed by atoms with E-state index < -0.39 is 0 Å². The Morgan fingerprint density at radius 3 is 2.12 bits per heavy atom. The molecule has 0 aliphatic rings. The first-order chi connectivity index (χ1) is 15.5. The quantitative estimate of drug-likeness (QED) is 0.353. The first-order valence-electron chi connectivity index (χ1n) is 10.5. The fourth-order valence-electron chi connectivity index (χ4n) is 3.55. The molecule has 0 N–H and O–H groups in total. The molecule has 0 radical (unpaired) electrons. The first kappa shape index (κ1) is 21.9. The molecule has 1 atom stereocenters. The van der Waals surface area contributed by atoms with Crippen molar-refractivity contribution >= 4 is 17.7 Å². The van der Waals surface area contributed by atoms with Gasteiger partial charge < -0.3 is 13.9 Å². The number of aromatic nitrogens is 3. The Morgan fingerprint density at radius 2 is 1.59 bits per heavy atom. The number of nitrogens with zero attached hydrogens (tertiary/aromatic N) is 4. The molecule has 2 aromatic heterocycles. The maximum Gasteiger partial charge on any atom is 0.236 e. The summed E-state index contributed by atoms with van der Waals surface area (Å²) in [6, 6.07) is 22.0. The van der Waals surface area contributed by atoms with Crippen molar-refractivity contribution in [1.82, 2.24) is 19.7 Å². The van der Waals surface area contributed by atoms with Crippen molar-refractivity contribution in [2.24, 2.45) is 7.05 Å². The van der Waals surface area contributed by atoms with Crippen LogP contribution in [0, 0.1) is 6.92 Å². The van der Waals surface area contributed by atoms with Gasteiger partial charge in [0.15, 0.2) is 11.0 Å². The molecule has 0 spiro atoms. The number of hydrogen-bond acceptors (Lipinski definition) is 5. The standard InChI is InChI=1S/C25H26N4O2S/c1-18-22(14-15-31-18)23-26-27-25(28(23)3)32-19(2)24(30)29(16-20-10-6-4-7-11-20)17-21-12-8-5-9-13-21/h4-15,19H,16-17H2,1-3H3/t19-/m0/s1. The number of amides is 1. The van der Waals surface area contributed by atoms with E-state index >= 15 is 0 Å². The second kappa shape index (κ2) is 9.87. The molecule has 0 saturated carbocycles. The van der Waals surface area contributed by atoms with Crippen LogP contribution >= 0.6 is 11.8 Å². The lowest BCUT2D eigenvalue weighted by atomic mass is 10.1. The Morgan fingerprint density at radius 1 is 1.00 bits per heavy atom. The molecule has 0 aliphatic heterocycles. The molecule has 164 valence electrons. The second-order valence-corrected chi connectivity index (χ2v) is 8.99. The van der Waals surface area contributed by atoms with Crippen LogP contribution in [0.25, 0.3) is 11.4 Å². The van der Waals surface area contributed by atoms with Crippen molar-refractivity contribution in [3.05, 3.63) is 89.9 Å². The molecule has 2 heterocycles. The molecule has 2 aromatic carbocycles. The summed E-state index contributed by atoms with van der Waals surface area (Å²) < 4.78 is 7.31. The van der Waals surface area contributed by atoms with Crippen molar-refractivity contribution in [3.63, 3.8) is 0 Å². The zero-order chi connectivity index (χ0) is 22.5. The van der Waals surface area contributed by atoms with Gasteiger partial charge in [-0.1, -0.05) is 72.4 Å². The van der Waals surface area contributed by atoms with Crippen molar-refractivity contribution in [2.45, 2.75) is 37.3 Å². The lowest BCUT2D eigenvalue weighted by molar-refractivity contribution is -0.131. The molecule has 6 nitrogen and oxygen atoms in total. The predicted octanol–water partition coefficient (Wildman–Crippen LogP) is 5.09. The summed E-state index contributed by atoms with van der Waals surface area (Å²) in [5.41, 5.74) is 3.11.